The van der Waals surface area contributed by atoms with Crippen molar-refractivity contribution < 1.29 is 18.7 Å². The maximum absolute atomic E-state index is 13.6. The number of hydrogen-bond acceptors (Lipinski definition) is 4. The van der Waals surface area contributed by atoms with E-state index in [2.05, 4.69) is 20.8 Å². The van der Waals surface area contributed by atoms with Crippen LogP contribution in [0.4, 0.5) is 9.18 Å². The zero-order chi connectivity index (χ0) is 20.8. The van der Waals surface area contributed by atoms with Crippen molar-refractivity contribution in [2.45, 2.75) is 63.2 Å². The van der Waals surface area contributed by atoms with Gasteiger partial charge in [-0.3, -0.25) is 4.90 Å². The van der Waals surface area contributed by atoms with Crippen molar-refractivity contribution in [3.8, 4) is 0 Å². The molecular weight excluding hydrogens is 439 g/mol. The zero-order valence-corrected chi connectivity index (χ0v) is 19.0. The van der Waals surface area contributed by atoms with Gasteiger partial charge in [0.05, 0.1) is 19.7 Å². The van der Waals surface area contributed by atoms with Gasteiger partial charge in [-0.15, -0.1) is 0 Å². The Morgan fingerprint density at radius 1 is 1.28 bits per heavy atom. The van der Waals surface area contributed by atoms with Crippen LogP contribution < -0.4 is 0 Å². The lowest BCUT2D eigenvalue weighted by Crippen LogP contribution is -2.64. The van der Waals surface area contributed by atoms with Crippen molar-refractivity contribution in [2.24, 2.45) is 0 Å². The predicted molar refractivity (Wildman–Crippen MR) is 113 cm³/mol. The number of piperidine rings is 1. The topological polar surface area (TPSA) is 42.0 Å². The lowest BCUT2D eigenvalue weighted by molar-refractivity contribution is -0.109. The van der Waals surface area contributed by atoms with Crippen LogP contribution in [0.25, 0.3) is 0 Å². The van der Waals surface area contributed by atoms with E-state index in [4.69, 9.17) is 9.47 Å². The van der Waals surface area contributed by atoms with Crippen LogP contribution in [0.1, 0.15) is 51.5 Å². The van der Waals surface area contributed by atoms with Crippen LogP contribution in [-0.4, -0.2) is 65.9 Å². The van der Waals surface area contributed by atoms with Crippen molar-refractivity contribution in [3.63, 3.8) is 0 Å². The first-order valence-corrected chi connectivity index (χ1v) is 11.2. The molecule has 4 rings (SSSR count). The highest BCUT2D eigenvalue weighted by atomic mass is 79.9. The summed E-state index contributed by atoms with van der Waals surface area (Å²) >= 11 is 3.57. The van der Waals surface area contributed by atoms with Crippen LogP contribution in [0.3, 0.4) is 0 Å². The number of likely N-dealkylation sites (tertiary alicyclic amines) is 2. The number of rotatable bonds is 2. The minimum Gasteiger partial charge on any atom is -0.444 e. The second kappa shape index (κ2) is 7.82. The molecule has 3 aliphatic heterocycles. The van der Waals surface area contributed by atoms with Crippen molar-refractivity contribution in [1.82, 2.24) is 9.80 Å². The quantitative estimate of drug-likeness (QED) is 0.638. The maximum atomic E-state index is 13.6. The summed E-state index contributed by atoms with van der Waals surface area (Å²) in [4.78, 5) is 16.4. The number of benzene rings is 1. The third kappa shape index (κ3) is 4.62. The van der Waals surface area contributed by atoms with Gasteiger partial charge in [0.25, 0.3) is 0 Å². The fourth-order valence-corrected chi connectivity index (χ4v) is 5.35. The van der Waals surface area contributed by atoms with Gasteiger partial charge in [-0.05, 0) is 82.8 Å². The predicted octanol–water partition coefficient (Wildman–Crippen LogP) is 4.55. The van der Waals surface area contributed by atoms with E-state index in [0.717, 1.165) is 49.0 Å². The van der Waals surface area contributed by atoms with Crippen LogP contribution in [-0.2, 0) is 9.47 Å². The van der Waals surface area contributed by atoms with Gasteiger partial charge in [-0.25, -0.2) is 9.18 Å². The average molecular weight is 469 g/mol. The first-order valence-electron chi connectivity index (χ1n) is 10.5. The molecule has 0 saturated carbocycles. The summed E-state index contributed by atoms with van der Waals surface area (Å²) in [6.07, 6.45) is 2.75. The second-order valence-corrected chi connectivity index (χ2v) is 10.5. The zero-order valence-electron chi connectivity index (χ0n) is 17.4. The third-order valence-corrected chi connectivity index (χ3v) is 6.97. The molecule has 3 heterocycles. The number of nitrogens with zero attached hydrogens (tertiary/aromatic N) is 2. The van der Waals surface area contributed by atoms with Crippen LogP contribution in [0.2, 0.25) is 0 Å². The van der Waals surface area contributed by atoms with Gasteiger partial charge in [0.2, 0.25) is 0 Å². The Hall–Kier alpha value is -1.18. The van der Waals surface area contributed by atoms with Gasteiger partial charge in [0.1, 0.15) is 17.0 Å². The molecule has 160 valence electrons. The van der Waals surface area contributed by atoms with E-state index >= 15 is 0 Å². The molecular formula is C22H30BrFN2O3. The van der Waals surface area contributed by atoms with E-state index in [1.807, 2.05) is 20.8 Å². The summed E-state index contributed by atoms with van der Waals surface area (Å²) in [6.45, 7) is 9.59. The molecule has 3 aliphatic rings. The number of ether oxygens (including phenoxy) is 2. The van der Waals surface area contributed by atoms with E-state index in [1.54, 1.807) is 17.0 Å². The molecule has 1 aromatic rings. The van der Waals surface area contributed by atoms with Gasteiger partial charge in [-0.2, -0.15) is 0 Å². The van der Waals surface area contributed by atoms with Gasteiger partial charge < -0.3 is 14.4 Å². The highest BCUT2D eigenvalue weighted by molar-refractivity contribution is 9.10. The Labute approximate surface area is 180 Å². The summed E-state index contributed by atoms with van der Waals surface area (Å²) in [6, 6.07) is 5.36. The fraction of sp³-hybridized carbons (Fsp3) is 0.682. The minimum absolute atomic E-state index is 0.170. The molecule has 1 atom stereocenters. The summed E-state index contributed by atoms with van der Waals surface area (Å²) in [7, 11) is 0. The summed E-state index contributed by atoms with van der Waals surface area (Å²) in [5.41, 5.74) is 0.403. The van der Waals surface area contributed by atoms with E-state index < -0.39 is 5.60 Å². The van der Waals surface area contributed by atoms with Crippen LogP contribution in [0, 0.1) is 5.82 Å². The Balaban J connectivity index is 1.27. The molecule has 0 radical (unpaired) electrons. The first-order chi connectivity index (χ1) is 13.6. The molecule has 0 bridgehead atoms. The normalized spacial score (nSPS) is 25.3. The summed E-state index contributed by atoms with van der Waals surface area (Å²) in [5.74, 6) is 0.218. The highest BCUT2D eigenvalue weighted by Crippen LogP contribution is 2.40. The molecule has 1 aromatic carbocycles. The Morgan fingerprint density at radius 2 is 1.97 bits per heavy atom. The fourth-order valence-electron chi connectivity index (χ4n) is 4.78. The van der Waals surface area contributed by atoms with Gasteiger partial charge in [0, 0.05) is 10.5 Å². The van der Waals surface area contributed by atoms with Crippen molar-refractivity contribution in [3.05, 3.63) is 34.1 Å². The van der Waals surface area contributed by atoms with E-state index in [1.165, 1.54) is 6.07 Å². The number of halogens is 2. The molecule has 0 N–H and O–H groups in total. The molecule has 0 aromatic heterocycles. The van der Waals surface area contributed by atoms with Crippen molar-refractivity contribution >= 4 is 22.0 Å². The van der Waals surface area contributed by atoms with Crippen molar-refractivity contribution in [1.29, 1.82) is 0 Å². The molecule has 0 aliphatic carbocycles. The molecule has 5 nitrogen and oxygen atoms in total. The number of carbonyl (C=O) groups is 1. The number of carbonyl (C=O) groups excluding carboxylic acids is 1. The van der Waals surface area contributed by atoms with Crippen LogP contribution in [0.5, 0.6) is 0 Å². The Bertz CT molecular complexity index is 768. The Kier molecular flexibility index (Phi) is 5.68. The molecule has 1 amide bonds. The largest absolute Gasteiger partial charge is 0.444 e. The smallest absolute Gasteiger partial charge is 0.410 e. The molecule has 7 heteroatoms. The van der Waals surface area contributed by atoms with E-state index in [0.29, 0.717) is 25.0 Å². The standard InChI is InChI=1S/C22H30BrFN2O3/c1-21(2,3)29-20(27)26-13-22(14-26)11-17(12-28-22)25-8-6-15(7-9-25)18-10-16(24)4-5-19(18)23/h4-5,10,15,17H,6-9,11-14H2,1-3H3/t17-/m0/s1. The first kappa shape index (κ1) is 21.1. The molecule has 3 saturated heterocycles. The Morgan fingerprint density at radius 3 is 2.62 bits per heavy atom. The SMILES string of the molecule is CC(C)(C)OC(=O)N1CC2(C[C@H](N3CCC(c4cc(F)ccc4Br)CC3)CO2)C1. The lowest BCUT2D eigenvalue weighted by Gasteiger charge is -2.47. The third-order valence-electron chi connectivity index (χ3n) is 6.24. The molecule has 29 heavy (non-hydrogen) atoms. The van der Waals surface area contributed by atoms with Crippen molar-refractivity contribution in [2.75, 3.05) is 32.8 Å². The van der Waals surface area contributed by atoms with Crippen LogP contribution in [0.15, 0.2) is 22.7 Å². The lowest BCUT2D eigenvalue weighted by atomic mass is 9.86. The summed E-state index contributed by atoms with van der Waals surface area (Å²) < 4.78 is 26.2. The van der Waals surface area contributed by atoms with E-state index in [9.17, 15) is 9.18 Å². The van der Waals surface area contributed by atoms with Gasteiger partial charge in [0.15, 0.2) is 0 Å². The number of hydrogen-bond donors (Lipinski definition) is 0. The minimum atomic E-state index is -0.472. The second-order valence-electron chi connectivity index (χ2n) is 9.66. The van der Waals surface area contributed by atoms with Crippen LogP contribution >= 0.6 is 15.9 Å². The molecule has 1 spiro atoms. The monoisotopic (exact) mass is 468 g/mol. The molecule has 3 fully saturated rings. The van der Waals surface area contributed by atoms with Gasteiger partial charge >= 0.3 is 6.09 Å². The molecule has 0 unspecified atom stereocenters. The summed E-state index contributed by atoms with van der Waals surface area (Å²) in [5, 5.41) is 0. The van der Waals surface area contributed by atoms with Gasteiger partial charge in [-0.1, -0.05) is 15.9 Å². The van der Waals surface area contributed by atoms with E-state index in [-0.39, 0.29) is 17.5 Å². The number of amides is 1. The average Bonchev–Trinajstić information content (AvgIpc) is 3.07. The maximum Gasteiger partial charge on any atom is 0.410 e. The highest BCUT2D eigenvalue weighted by Gasteiger charge is 2.53.